The van der Waals surface area contributed by atoms with E-state index in [1.807, 2.05) is 0 Å². The van der Waals surface area contributed by atoms with Crippen LogP contribution < -0.4 is 9.47 Å². The molecule has 0 radical (unpaired) electrons. The van der Waals surface area contributed by atoms with Crippen LogP contribution in [0.5, 0.6) is 11.5 Å². The number of halogens is 1. The molecule has 0 spiro atoms. The van der Waals surface area contributed by atoms with E-state index in [0.717, 1.165) is 19.3 Å². The SMILES string of the molecule is COc1cc(C(C)F)cc(C2(C(=O)O)CCCCC2)c1OC. The summed E-state index contributed by atoms with van der Waals surface area (Å²) in [4.78, 5) is 12.0. The average Bonchev–Trinajstić information content (AvgIpc) is 2.53. The molecule has 122 valence electrons. The van der Waals surface area contributed by atoms with Gasteiger partial charge in [0.25, 0.3) is 0 Å². The lowest BCUT2D eigenvalue weighted by Crippen LogP contribution is -2.38. The van der Waals surface area contributed by atoms with Crippen molar-refractivity contribution in [2.45, 2.75) is 50.6 Å². The van der Waals surface area contributed by atoms with E-state index in [-0.39, 0.29) is 0 Å². The standard InChI is InChI=1S/C17H23FO4/c1-11(18)12-9-13(15(22-3)14(10-12)21-2)17(16(19)20)7-5-4-6-8-17/h9-11H,4-8H2,1-3H3,(H,19,20). The second-order valence-corrected chi connectivity index (χ2v) is 5.87. The van der Waals surface area contributed by atoms with Gasteiger partial charge in [-0.1, -0.05) is 19.3 Å². The molecule has 1 N–H and O–H groups in total. The lowest BCUT2D eigenvalue weighted by molar-refractivity contribution is -0.145. The highest BCUT2D eigenvalue weighted by Gasteiger charge is 2.44. The maximum atomic E-state index is 13.8. The molecule has 1 unspecified atom stereocenters. The molecule has 4 nitrogen and oxygen atoms in total. The molecule has 1 aliphatic rings. The van der Waals surface area contributed by atoms with Crippen LogP contribution in [0.25, 0.3) is 0 Å². The lowest BCUT2D eigenvalue weighted by atomic mass is 9.68. The molecule has 1 saturated carbocycles. The normalized spacial score (nSPS) is 18.5. The van der Waals surface area contributed by atoms with Crippen molar-refractivity contribution in [1.82, 2.24) is 0 Å². The van der Waals surface area contributed by atoms with E-state index in [9.17, 15) is 14.3 Å². The van der Waals surface area contributed by atoms with Gasteiger partial charge in [0.1, 0.15) is 6.17 Å². The fourth-order valence-corrected chi connectivity index (χ4v) is 3.32. The van der Waals surface area contributed by atoms with Gasteiger partial charge in [0.15, 0.2) is 11.5 Å². The van der Waals surface area contributed by atoms with Gasteiger partial charge in [0.05, 0.1) is 19.6 Å². The number of ether oxygens (including phenoxy) is 2. The number of carbonyl (C=O) groups is 1. The van der Waals surface area contributed by atoms with E-state index in [4.69, 9.17) is 9.47 Å². The van der Waals surface area contributed by atoms with Crippen molar-refractivity contribution in [2.75, 3.05) is 14.2 Å². The number of methoxy groups -OCH3 is 2. The van der Waals surface area contributed by atoms with Crippen LogP contribution in [0.15, 0.2) is 12.1 Å². The summed E-state index contributed by atoms with van der Waals surface area (Å²) in [6.07, 6.45) is 2.57. The Labute approximate surface area is 130 Å². The molecular formula is C17H23FO4. The number of aliphatic carboxylic acids is 1. The minimum absolute atomic E-state index is 0.380. The summed E-state index contributed by atoms with van der Waals surface area (Å²) >= 11 is 0. The highest BCUT2D eigenvalue weighted by molar-refractivity contribution is 5.83. The third kappa shape index (κ3) is 2.76. The van der Waals surface area contributed by atoms with Gasteiger partial charge in [-0.15, -0.1) is 0 Å². The van der Waals surface area contributed by atoms with Crippen LogP contribution in [0.1, 0.15) is 56.3 Å². The molecule has 0 bridgehead atoms. The van der Waals surface area contributed by atoms with Crippen molar-refractivity contribution in [1.29, 1.82) is 0 Å². The summed E-state index contributed by atoms with van der Waals surface area (Å²) in [6.45, 7) is 1.43. The average molecular weight is 310 g/mol. The van der Waals surface area contributed by atoms with Gasteiger partial charge < -0.3 is 14.6 Å². The molecule has 0 amide bonds. The number of carboxylic acids is 1. The number of alkyl halides is 1. The van der Waals surface area contributed by atoms with Crippen LogP contribution in [-0.2, 0) is 10.2 Å². The zero-order valence-corrected chi connectivity index (χ0v) is 13.3. The molecular weight excluding hydrogens is 287 g/mol. The number of carboxylic acid groups (broad SMARTS) is 1. The van der Waals surface area contributed by atoms with Crippen LogP contribution in [0, 0.1) is 0 Å². The van der Waals surface area contributed by atoms with E-state index in [1.54, 1.807) is 12.1 Å². The molecule has 0 aliphatic heterocycles. The first-order valence-corrected chi connectivity index (χ1v) is 7.60. The van der Waals surface area contributed by atoms with Crippen molar-refractivity contribution in [3.05, 3.63) is 23.3 Å². The summed E-state index contributed by atoms with van der Waals surface area (Å²) in [5.41, 5.74) is -0.0817. The first-order valence-electron chi connectivity index (χ1n) is 7.60. The van der Waals surface area contributed by atoms with E-state index in [2.05, 4.69) is 0 Å². The summed E-state index contributed by atoms with van der Waals surface area (Å²) in [6, 6.07) is 3.21. The Morgan fingerprint density at radius 2 is 1.86 bits per heavy atom. The van der Waals surface area contributed by atoms with E-state index in [0.29, 0.717) is 35.5 Å². The second-order valence-electron chi connectivity index (χ2n) is 5.87. The Bertz CT molecular complexity index is 548. The monoisotopic (exact) mass is 310 g/mol. The van der Waals surface area contributed by atoms with E-state index >= 15 is 0 Å². The molecule has 1 aromatic carbocycles. The van der Waals surface area contributed by atoms with Gasteiger partial charge in [0.2, 0.25) is 0 Å². The van der Waals surface area contributed by atoms with Gasteiger partial charge >= 0.3 is 5.97 Å². The topological polar surface area (TPSA) is 55.8 Å². The molecule has 0 heterocycles. The molecule has 5 heteroatoms. The van der Waals surface area contributed by atoms with Gasteiger partial charge in [0, 0.05) is 5.56 Å². The Morgan fingerprint density at radius 1 is 1.23 bits per heavy atom. The van der Waals surface area contributed by atoms with Crippen LogP contribution in [-0.4, -0.2) is 25.3 Å². The molecule has 1 aliphatic carbocycles. The highest BCUT2D eigenvalue weighted by atomic mass is 19.1. The van der Waals surface area contributed by atoms with Crippen LogP contribution in [0.3, 0.4) is 0 Å². The molecule has 0 saturated heterocycles. The van der Waals surface area contributed by atoms with Crippen molar-refractivity contribution in [2.24, 2.45) is 0 Å². The summed E-state index contributed by atoms with van der Waals surface area (Å²) in [7, 11) is 2.96. The van der Waals surface area contributed by atoms with Crippen molar-refractivity contribution in [3.8, 4) is 11.5 Å². The molecule has 1 atom stereocenters. The fourth-order valence-electron chi connectivity index (χ4n) is 3.32. The van der Waals surface area contributed by atoms with E-state index in [1.165, 1.54) is 21.1 Å². The summed E-state index contributed by atoms with van der Waals surface area (Å²) in [5, 5.41) is 9.87. The predicted molar refractivity (Wildman–Crippen MR) is 81.5 cm³/mol. The number of hydrogen-bond acceptors (Lipinski definition) is 3. The zero-order chi connectivity index (χ0) is 16.3. The summed E-state index contributed by atoms with van der Waals surface area (Å²) in [5.74, 6) is -0.0990. The second kappa shape index (κ2) is 6.55. The lowest BCUT2D eigenvalue weighted by Gasteiger charge is -2.35. The van der Waals surface area contributed by atoms with Crippen LogP contribution in [0.2, 0.25) is 0 Å². The highest BCUT2D eigenvalue weighted by Crippen LogP contribution is 2.48. The van der Waals surface area contributed by atoms with Gasteiger partial charge in [-0.25, -0.2) is 4.39 Å². The molecule has 0 aromatic heterocycles. The molecule has 2 rings (SSSR count). The molecule has 1 aromatic rings. The molecule has 22 heavy (non-hydrogen) atoms. The maximum absolute atomic E-state index is 13.8. The Morgan fingerprint density at radius 3 is 2.32 bits per heavy atom. The number of rotatable bonds is 5. The Kier molecular flexibility index (Phi) is 4.94. The first kappa shape index (κ1) is 16.6. The summed E-state index contributed by atoms with van der Waals surface area (Å²) < 4.78 is 24.5. The fraction of sp³-hybridized carbons (Fsp3) is 0.588. The van der Waals surface area contributed by atoms with Crippen molar-refractivity contribution in [3.63, 3.8) is 0 Å². The number of benzene rings is 1. The molecule has 1 fully saturated rings. The Balaban J connectivity index is 2.69. The largest absolute Gasteiger partial charge is 0.493 e. The van der Waals surface area contributed by atoms with Crippen LogP contribution >= 0.6 is 0 Å². The minimum Gasteiger partial charge on any atom is -0.493 e. The first-order chi connectivity index (χ1) is 10.5. The Hall–Kier alpha value is -1.78. The van der Waals surface area contributed by atoms with E-state index < -0.39 is 17.6 Å². The van der Waals surface area contributed by atoms with Gasteiger partial charge in [-0.05, 0) is 37.5 Å². The zero-order valence-electron chi connectivity index (χ0n) is 13.3. The number of hydrogen-bond donors (Lipinski definition) is 1. The third-order valence-corrected chi connectivity index (χ3v) is 4.59. The van der Waals surface area contributed by atoms with Gasteiger partial charge in [-0.3, -0.25) is 4.79 Å². The third-order valence-electron chi connectivity index (χ3n) is 4.59. The quantitative estimate of drug-likeness (QED) is 0.892. The maximum Gasteiger partial charge on any atom is 0.314 e. The van der Waals surface area contributed by atoms with Crippen molar-refractivity contribution >= 4 is 5.97 Å². The smallest absolute Gasteiger partial charge is 0.314 e. The van der Waals surface area contributed by atoms with Crippen molar-refractivity contribution < 1.29 is 23.8 Å². The predicted octanol–water partition coefficient (Wildman–Crippen LogP) is 4.02. The van der Waals surface area contributed by atoms with Gasteiger partial charge in [-0.2, -0.15) is 0 Å². The minimum atomic E-state index is -1.20. The van der Waals surface area contributed by atoms with Crippen LogP contribution in [0.4, 0.5) is 4.39 Å².